The molecule has 0 unspecified atom stereocenters. The van der Waals surface area contributed by atoms with E-state index >= 15 is 0 Å². The number of amides is 2. The van der Waals surface area contributed by atoms with Crippen molar-refractivity contribution in [2.75, 3.05) is 32.5 Å². The molecule has 0 spiro atoms. The average molecular weight is 327 g/mol. The summed E-state index contributed by atoms with van der Waals surface area (Å²) in [6.07, 6.45) is 4.88. The fraction of sp³-hybridized carbons (Fsp3) is 0.421. The number of benzene rings is 1. The molecule has 1 saturated heterocycles. The first-order chi connectivity index (χ1) is 11.6. The molecule has 2 aromatic rings. The van der Waals surface area contributed by atoms with Gasteiger partial charge < -0.3 is 19.5 Å². The molecule has 0 radical (unpaired) electrons. The van der Waals surface area contributed by atoms with Gasteiger partial charge in [-0.25, -0.2) is 4.79 Å². The number of carbonyl (C=O) groups excluding carboxylic acids is 1. The summed E-state index contributed by atoms with van der Waals surface area (Å²) in [5.41, 5.74) is 1.81. The molecule has 1 N–H and O–H groups in total. The smallest absolute Gasteiger partial charge is 0.321 e. The second-order valence-corrected chi connectivity index (χ2v) is 6.52. The molecule has 1 fully saturated rings. The van der Waals surface area contributed by atoms with E-state index in [1.54, 1.807) is 6.26 Å². The number of anilines is 1. The molecule has 3 rings (SSSR count). The minimum Gasteiger partial charge on any atom is -0.464 e. The van der Waals surface area contributed by atoms with Crippen LogP contribution in [0.25, 0.3) is 11.3 Å². The van der Waals surface area contributed by atoms with Crippen LogP contribution >= 0.6 is 0 Å². The minimum atomic E-state index is -0.0137. The van der Waals surface area contributed by atoms with Crippen LogP contribution in [0.3, 0.4) is 0 Å². The molecule has 2 amide bonds. The highest BCUT2D eigenvalue weighted by Crippen LogP contribution is 2.22. The lowest BCUT2D eigenvalue weighted by atomic mass is 10.1. The van der Waals surface area contributed by atoms with E-state index in [1.807, 2.05) is 41.3 Å². The van der Waals surface area contributed by atoms with E-state index < -0.39 is 0 Å². The molecule has 128 valence electrons. The number of nitrogens with one attached hydrogen (secondary N) is 1. The Hall–Kier alpha value is -2.27. The summed E-state index contributed by atoms with van der Waals surface area (Å²) >= 11 is 0. The van der Waals surface area contributed by atoms with Crippen molar-refractivity contribution in [3.8, 4) is 11.3 Å². The van der Waals surface area contributed by atoms with Crippen LogP contribution in [0.4, 0.5) is 10.5 Å². The van der Waals surface area contributed by atoms with Crippen molar-refractivity contribution in [2.24, 2.45) is 0 Å². The number of rotatable bonds is 3. The van der Waals surface area contributed by atoms with Crippen molar-refractivity contribution >= 4 is 11.7 Å². The standard InChI is InChI=1S/C19H25N3O2/c1-21(2)17-5-3-12-22(13-11-17)19(23)20-16-9-7-15(8-10-16)18-6-4-14-24-18/h4,6-10,14,17H,3,5,11-13H2,1-2H3,(H,20,23)/t17-/m1/s1. The molecule has 24 heavy (non-hydrogen) atoms. The second kappa shape index (κ2) is 7.53. The van der Waals surface area contributed by atoms with Gasteiger partial charge in [-0.2, -0.15) is 0 Å². The molecular weight excluding hydrogens is 302 g/mol. The van der Waals surface area contributed by atoms with Crippen LogP contribution in [0, 0.1) is 0 Å². The quantitative estimate of drug-likeness (QED) is 0.930. The number of furan rings is 1. The third kappa shape index (κ3) is 3.97. The van der Waals surface area contributed by atoms with E-state index in [0.717, 1.165) is 49.4 Å². The number of nitrogens with zero attached hydrogens (tertiary/aromatic N) is 2. The summed E-state index contributed by atoms with van der Waals surface area (Å²) in [5, 5.41) is 3.00. The molecule has 5 nitrogen and oxygen atoms in total. The van der Waals surface area contributed by atoms with Gasteiger partial charge >= 0.3 is 6.03 Å². The Morgan fingerprint density at radius 3 is 2.62 bits per heavy atom. The normalized spacial score (nSPS) is 18.5. The van der Waals surface area contributed by atoms with Gasteiger partial charge in [-0.05, 0) is 69.8 Å². The Balaban J connectivity index is 1.58. The van der Waals surface area contributed by atoms with Gasteiger partial charge in [0.1, 0.15) is 5.76 Å². The average Bonchev–Trinajstić information content (AvgIpc) is 2.99. The van der Waals surface area contributed by atoms with Crippen LogP contribution in [-0.2, 0) is 0 Å². The zero-order valence-electron chi connectivity index (χ0n) is 14.4. The van der Waals surface area contributed by atoms with Crippen LogP contribution in [0.15, 0.2) is 47.1 Å². The van der Waals surface area contributed by atoms with Crippen molar-refractivity contribution in [2.45, 2.75) is 25.3 Å². The van der Waals surface area contributed by atoms with Crippen molar-refractivity contribution < 1.29 is 9.21 Å². The van der Waals surface area contributed by atoms with Gasteiger partial charge in [0.05, 0.1) is 6.26 Å². The van der Waals surface area contributed by atoms with Crippen molar-refractivity contribution in [3.63, 3.8) is 0 Å². The number of hydrogen-bond donors (Lipinski definition) is 1. The summed E-state index contributed by atoms with van der Waals surface area (Å²) in [4.78, 5) is 16.7. The lowest BCUT2D eigenvalue weighted by Gasteiger charge is -2.23. The largest absolute Gasteiger partial charge is 0.464 e. The molecule has 1 aromatic heterocycles. The fourth-order valence-electron chi connectivity index (χ4n) is 3.16. The SMILES string of the molecule is CN(C)[C@@H]1CCCN(C(=O)Nc2ccc(-c3ccco3)cc2)CC1. The maximum atomic E-state index is 12.5. The number of urea groups is 1. The first-order valence-corrected chi connectivity index (χ1v) is 8.50. The first-order valence-electron chi connectivity index (χ1n) is 8.50. The molecule has 1 atom stereocenters. The van der Waals surface area contributed by atoms with Crippen LogP contribution in [0.1, 0.15) is 19.3 Å². The lowest BCUT2D eigenvalue weighted by molar-refractivity contribution is 0.210. The van der Waals surface area contributed by atoms with Gasteiger partial charge in [-0.3, -0.25) is 0 Å². The van der Waals surface area contributed by atoms with E-state index in [9.17, 15) is 4.79 Å². The van der Waals surface area contributed by atoms with Crippen molar-refractivity contribution in [1.82, 2.24) is 9.80 Å². The highest BCUT2D eigenvalue weighted by molar-refractivity contribution is 5.89. The highest BCUT2D eigenvalue weighted by atomic mass is 16.3. The molecule has 1 aromatic carbocycles. The van der Waals surface area contributed by atoms with Crippen LogP contribution in [0.2, 0.25) is 0 Å². The topological polar surface area (TPSA) is 48.7 Å². The number of likely N-dealkylation sites (tertiary alicyclic amines) is 1. The predicted octanol–water partition coefficient (Wildman–Crippen LogP) is 3.89. The molecule has 5 heteroatoms. The molecule has 1 aliphatic heterocycles. The van der Waals surface area contributed by atoms with Gasteiger partial charge in [-0.1, -0.05) is 0 Å². The van der Waals surface area contributed by atoms with Gasteiger partial charge in [0.2, 0.25) is 0 Å². The van der Waals surface area contributed by atoms with E-state index in [2.05, 4.69) is 24.3 Å². The Bertz CT molecular complexity index is 650. The molecule has 0 bridgehead atoms. The fourth-order valence-corrected chi connectivity index (χ4v) is 3.16. The molecule has 1 aliphatic rings. The van der Waals surface area contributed by atoms with Crippen LogP contribution < -0.4 is 5.32 Å². The predicted molar refractivity (Wildman–Crippen MR) is 96.1 cm³/mol. The van der Waals surface area contributed by atoms with Gasteiger partial charge in [0.15, 0.2) is 0 Å². The highest BCUT2D eigenvalue weighted by Gasteiger charge is 2.21. The molecule has 0 aliphatic carbocycles. The Morgan fingerprint density at radius 2 is 1.96 bits per heavy atom. The maximum Gasteiger partial charge on any atom is 0.321 e. The minimum absolute atomic E-state index is 0.0137. The van der Waals surface area contributed by atoms with Gasteiger partial charge in [0, 0.05) is 30.4 Å². The Kier molecular flexibility index (Phi) is 5.20. The number of hydrogen-bond acceptors (Lipinski definition) is 3. The lowest BCUT2D eigenvalue weighted by Crippen LogP contribution is -2.36. The summed E-state index contributed by atoms with van der Waals surface area (Å²) in [6.45, 7) is 1.62. The van der Waals surface area contributed by atoms with Crippen molar-refractivity contribution in [1.29, 1.82) is 0 Å². The third-order valence-corrected chi connectivity index (χ3v) is 4.66. The zero-order chi connectivity index (χ0) is 16.9. The molecule has 2 heterocycles. The van der Waals surface area contributed by atoms with Crippen LogP contribution in [0.5, 0.6) is 0 Å². The monoisotopic (exact) mass is 327 g/mol. The van der Waals surface area contributed by atoms with E-state index in [-0.39, 0.29) is 6.03 Å². The van der Waals surface area contributed by atoms with Gasteiger partial charge in [-0.15, -0.1) is 0 Å². The number of carbonyl (C=O) groups is 1. The molecule has 0 saturated carbocycles. The maximum absolute atomic E-state index is 12.5. The summed E-state index contributed by atoms with van der Waals surface area (Å²) in [5.74, 6) is 0.829. The zero-order valence-corrected chi connectivity index (χ0v) is 14.4. The summed E-state index contributed by atoms with van der Waals surface area (Å²) in [6, 6.07) is 12.1. The summed E-state index contributed by atoms with van der Waals surface area (Å²) < 4.78 is 5.38. The van der Waals surface area contributed by atoms with E-state index in [1.165, 1.54) is 0 Å². The van der Waals surface area contributed by atoms with Crippen LogP contribution in [-0.4, -0.2) is 49.1 Å². The Morgan fingerprint density at radius 1 is 1.17 bits per heavy atom. The summed E-state index contributed by atoms with van der Waals surface area (Å²) in [7, 11) is 4.22. The second-order valence-electron chi connectivity index (χ2n) is 6.52. The Labute approximate surface area is 143 Å². The van der Waals surface area contributed by atoms with E-state index in [4.69, 9.17) is 4.42 Å². The van der Waals surface area contributed by atoms with E-state index in [0.29, 0.717) is 6.04 Å². The van der Waals surface area contributed by atoms with Crippen molar-refractivity contribution in [3.05, 3.63) is 42.7 Å². The molecular formula is C19H25N3O2. The third-order valence-electron chi connectivity index (χ3n) is 4.66. The van der Waals surface area contributed by atoms with Gasteiger partial charge in [0.25, 0.3) is 0 Å². The first kappa shape index (κ1) is 16.6.